The molecule has 0 aliphatic heterocycles. The average Bonchev–Trinajstić information content (AvgIpc) is 2.18. The zero-order chi connectivity index (χ0) is 12.5. The number of hydrogen-bond donors (Lipinski definition) is 2. The maximum absolute atomic E-state index is 13.0. The fourth-order valence-electron chi connectivity index (χ4n) is 1.44. The van der Waals surface area contributed by atoms with Gasteiger partial charge in [-0.25, -0.2) is 4.39 Å². The molecule has 0 aliphatic rings. The van der Waals surface area contributed by atoms with E-state index in [1.165, 1.54) is 12.1 Å². The Kier molecular flexibility index (Phi) is 3.94. The van der Waals surface area contributed by atoms with Crippen molar-refractivity contribution in [3.05, 3.63) is 34.6 Å². The lowest BCUT2D eigenvalue weighted by molar-refractivity contribution is 0.0401. The minimum Gasteiger partial charge on any atom is -0.391 e. The smallest absolute Gasteiger partial charge is 0.141 e. The number of hydrogen-bond acceptors (Lipinski definition) is 2. The number of rotatable bonds is 2. The summed E-state index contributed by atoms with van der Waals surface area (Å²) in [4.78, 5) is 0. The molecule has 2 atom stereocenters. The van der Waals surface area contributed by atoms with E-state index in [2.05, 4.69) is 0 Å². The second-order valence-electron chi connectivity index (χ2n) is 5.01. The van der Waals surface area contributed by atoms with Gasteiger partial charge in [0.15, 0.2) is 0 Å². The molecular weight excluding hydrogens is 229 g/mol. The van der Waals surface area contributed by atoms with Crippen molar-refractivity contribution in [3.8, 4) is 0 Å². The predicted molar refractivity (Wildman–Crippen MR) is 63.8 cm³/mol. The molecule has 1 aromatic carbocycles. The third-order valence-corrected chi connectivity index (χ3v) is 2.85. The lowest BCUT2D eigenvalue weighted by Gasteiger charge is -2.31. The first-order valence-electron chi connectivity index (χ1n) is 5.12. The van der Waals surface area contributed by atoms with E-state index in [0.29, 0.717) is 5.56 Å². The van der Waals surface area contributed by atoms with Crippen molar-refractivity contribution in [1.82, 2.24) is 0 Å². The maximum Gasteiger partial charge on any atom is 0.141 e. The minimum atomic E-state index is -0.714. The van der Waals surface area contributed by atoms with Gasteiger partial charge in [0.2, 0.25) is 0 Å². The fourth-order valence-corrected chi connectivity index (χ4v) is 1.63. The van der Waals surface area contributed by atoms with E-state index in [0.717, 1.165) is 0 Å². The lowest BCUT2D eigenvalue weighted by atomic mass is 9.82. The third kappa shape index (κ3) is 2.94. The summed E-state index contributed by atoms with van der Waals surface area (Å²) in [7, 11) is 0. The van der Waals surface area contributed by atoms with Crippen molar-refractivity contribution in [2.45, 2.75) is 32.9 Å². The summed E-state index contributed by atoms with van der Waals surface area (Å²) < 4.78 is 13.0. The van der Waals surface area contributed by atoms with Crippen LogP contribution in [0, 0.1) is 11.2 Å². The summed E-state index contributed by atoms with van der Waals surface area (Å²) in [6.45, 7) is 5.67. The van der Waals surface area contributed by atoms with E-state index in [9.17, 15) is 9.50 Å². The zero-order valence-electron chi connectivity index (χ0n) is 9.67. The number of aliphatic hydroxyl groups excluding tert-OH is 1. The van der Waals surface area contributed by atoms with E-state index in [-0.39, 0.29) is 10.4 Å². The van der Waals surface area contributed by atoms with Gasteiger partial charge < -0.3 is 10.8 Å². The SMILES string of the molecule is CC(C)(C)[C@H](O)[C@H](N)c1ccc(F)c(Cl)c1. The Morgan fingerprint density at radius 2 is 1.94 bits per heavy atom. The van der Waals surface area contributed by atoms with E-state index >= 15 is 0 Å². The normalized spacial score (nSPS) is 15.9. The molecule has 90 valence electrons. The standard InChI is InChI=1S/C12H17ClFNO/c1-12(2,3)11(16)10(15)7-4-5-9(14)8(13)6-7/h4-6,10-11,16H,15H2,1-3H3/t10-,11-/m1/s1. The Morgan fingerprint density at radius 1 is 1.38 bits per heavy atom. The predicted octanol–water partition coefficient (Wildman–Crippen LogP) is 2.89. The minimum absolute atomic E-state index is 0.0223. The summed E-state index contributed by atoms with van der Waals surface area (Å²) in [5.41, 5.74) is 6.21. The molecule has 0 bridgehead atoms. The van der Waals surface area contributed by atoms with Gasteiger partial charge in [-0.15, -0.1) is 0 Å². The molecule has 0 unspecified atom stereocenters. The first kappa shape index (κ1) is 13.4. The second kappa shape index (κ2) is 4.70. The third-order valence-electron chi connectivity index (χ3n) is 2.56. The molecule has 2 nitrogen and oxygen atoms in total. The van der Waals surface area contributed by atoms with Crippen LogP contribution < -0.4 is 5.73 Å². The Balaban J connectivity index is 2.97. The molecule has 1 aromatic rings. The van der Waals surface area contributed by atoms with Gasteiger partial charge in [0.05, 0.1) is 17.2 Å². The van der Waals surface area contributed by atoms with Gasteiger partial charge in [-0.3, -0.25) is 0 Å². The average molecular weight is 246 g/mol. The summed E-state index contributed by atoms with van der Waals surface area (Å²) in [5, 5.41) is 10.0. The van der Waals surface area contributed by atoms with Crippen LogP contribution in [0.2, 0.25) is 5.02 Å². The van der Waals surface area contributed by atoms with Gasteiger partial charge in [-0.05, 0) is 23.1 Å². The van der Waals surface area contributed by atoms with Gasteiger partial charge in [0.25, 0.3) is 0 Å². The molecule has 0 fully saturated rings. The van der Waals surface area contributed by atoms with Crippen molar-refractivity contribution in [1.29, 1.82) is 0 Å². The van der Waals surface area contributed by atoms with Crippen LogP contribution in [0.25, 0.3) is 0 Å². The molecule has 0 saturated carbocycles. The molecule has 0 saturated heterocycles. The topological polar surface area (TPSA) is 46.2 Å². The molecule has 0 amide bonds. The van der Waals surface area contributed by atoms with Crippen molar-refractivity contribution in [3.63, 3.8) is 0 Å². The molecule has 16 heavy (non-hydrogen) atoms. The van der Waals surface area contributed by atoms with Gasteiger partial charge >= 0.3 is 0 Å². The number of halogens is 2. The van der Waals surface area contributed by atoms with Gasteiger partial charge in [-0.2, -0.15) is 0 Å². The highest BCUT2D eigenvalue weighted by Crippen LogP contribution is 2.30. The van der Waals surface area contributed by atoms with E-state index in [4.69, 9.17) is 17.3 Å². The first-order chi connectivity index (χ1) is 7.23. The van der Waals surface area contributed by atoms with Crippen molar-refractivity contribution >= 4 is 11.6 Å². The molecule has 0 aliphatic carbocycles. The Bertz CT molecular complexity index is 376. The largest absolute Gasteiger partial charge is 0.391 e. The Hall–Kier alpha value is -0.640. The number of benzene rings is 1. The van der Waals surface area contributed by atoms with E-state index < -0.39 is 18.0 Å². The van der Waals surface area contributed by atoms with Gasteiger partial charge in [0.1, 0.15) is 5.82 Å². The zero-order valence-corrected chi connectivity index (χ0v) is 10.4. The summed E-state index contributed by atoms with van der Waals surface area (Å²) >= 11 is 5.66. The van der Waals surface area contributed by atoms with Crippen molar-refractivity contribution < 1.29 is 9.50 Å². The van der Waals surface area contributed by atoms with Crippen molar-refractivity contribution in [2.75, 3.05) is 0 Å². The number of aliphatic hydroxyl groups is 1. The Labute approximate surface area is 100 Å². The molecule has 0 spiro atoms. The second-order valence-corrected chi connectivity index (χ2v) is 5.42. The summed E-state index contributed by atoms with van der Waals surface area (Å²) in [5.74, 6) is -0.483. The molecule has 0 radical (unpaired) electrons. The van der Waals surface area contributed by atoms with Gasteiger partial charge in [-0.1, -0.05) is 38.4 Å². The molecular formula is C12H17ClFNO. The number of nitrogens with two attached hydrogens (primary N) is 1. The highest BCUT2D eigenvalue weighted by molar-refractivity contribution is 6.30. The lowest BCUT2D eigenvalue weighted by Crippen LogP contribution is -2.36. The van der Waals surface area contributed by atoms with Crippen LogP contribution >= 0.6 is 11.6 Å². The van der Waals surface area contributed by atoms with Gasteiger partial charge in [0, 0.05) is 0 Å². The van der Waals surface area contributed by atoms with Crippen molar-refractivity contribution in [2.24, 2.45) is 11.1 Å². The first-order valence-corrected chi connectivity index (χ1v) is 5.50. The Morgan fingerprint density at radius 3 is 2.38 bits per heavy atom. The van der Waals surface area contributed by atoms with Crippen LogP contribution in [0.5, 0.6) is 0 Å². The monoisotopic (exact) mass is 245 g/mol. The van der Waals surface area contributed by atoms with Crippen LogP contribution in [0.3, 0.4) is 0 Å². The van der Waals surface area contributed by atoms with E-state index in [1.807, 2.05) is 20.8 Å². The van der Waals surface area contributed by atoms with Crippen LogP contribution in [-0.2, 0) is 0 Å². The van der Waals surface area contributed by atoms with Crippen LogP contribution in [0.4, 0.5) is 4.39 Å². The highest BCUT2D eigenvalue weighted by Gasteiger charge is 2.29. The van der Waals surface area contributed by atoms with Crippen LogP contribution in [-0.4, -0.2) is 11.2 Å². The summed E-state index contributed by atoms with van der Waals surface area (Å²) in [6, 6.07) is 3.68. The van der Waals surface area contributed by atoms with Crippen LogP contribution in [0.15, 0.2) is 18.2 Å². The molecule has 0 aromatic heterocycles. The molecule has 3 N–H and O–H groups in total. The summed E-state index contributed by atoms with van der Waals surface area (Å²) in [6.07, 6.45) is -0.714. The molecule has 0 heterocycles. The molecule has 4 heteroatoms. The molecule has 1 rings (SSSR count). The van der Waals surface area contributed by atoms with E-state index in [1.54, 1.807) is 6.07 Å². The maximum atomic E-state index is 13.0. The quantitative estimate of drug-likeness (QED) is 0.842. The highest BCUT2D eigenvalue weighted by atomic mass is 35.5. The van der Waals surface area contributed by atoms with Crippen LogP contribution in [0.1, 0.15) is 32.4 Å². The fraction of sp³-hybridized carbons (Fsp3) is 0.500.